The molecule has 152 valence electrons. The number of nitrogens with zero attached hydrogens (tertiary/aromatic N) is 2. The van der Waals surface area contributed by atoms with Crippen molar-refractivity contribution in [2.24, 2.45) is 0 Å². The number of rotatable bonds is 5. The molecule has 0 saturated carbocycles. The summed E-state index contributed by atoms with van der Waals surface area (Å²) in [5, 5.41) is 4.55. The van der Waals surface area contributed by atoms with Gasteiger partial charge in [0.05, 0.1) is 17.5 Å². The maximum absolute atomic E-state index is 12.5. The van der Waals surface area contributed by atoms with Gasteiger partial charge in [-0.2, -0.15) is 0 Å². The Morgan fingerprint density at radius 2 is 2.07 bits per heavy atom. The maximum Gasteiger partial charge on any atom is 0.338 e. The number of benzene rings is 1. The highest BCUT2D eigenvalue weighted by molar-refractivity contribution is 7.15. The lowest BCUT2D eigenvalue weighted by Gasteiger charge is -2.10. The first kappa shape index (κ1) is 19.6. The molecule has 3 heterocycles. The lowest BCUT2D eigenvalue weighted by atomic mass is 10.1. The van der Waals surface area contributed by atoms with Gasteiger partial charge in [-0.1, -0.05) is 6.07 Å². The number of nitrogens with one attached hydrogen (secondary N) is 1. The quantitative estimate of drug-likeness (QED) is 0.492. The van der Waals surface area contributed by atoms with Gasteiger partial charge in [-0.3, -0.25) is 14.0 Å². The molecule has 1 N–H and O–H groups in total. The van der Waals surface area contributed by atoms with E-state index in [0.29, 0.717) is 16.3 Å². The van der Waals surface area contributed by atoms with E-state index >= 15 is 0 Å². The Bertz CT molecular complexity index is 1300. The fraction of sp³-hybridized carbons (Fsp3) is 0.143. The summed E-state index contributed by atoms with van der Waals surface area (Å²) in [6.07, 6.45) is 1.41. The number of aromatic nitrogens is 2. The number of aryl methyl sites for hydroxylation is 2. The topological polar surface area (TPSA) is 103 Å². The van der Waals surface area contributed by atoms with Crippen LogP contribution >= 0.6 is 11.3 Å². The first-order valence-electron chi connectivity index (χ1n) is 9.02. The molecule has 9 heteroatoms. The molecule has 1 amide bonds. The molecule has 0 atom stereocenters. The van der Waals surface area contributed by atoms with Crippen LogP contribution in [-0.2, 0) is 11.3 Å². The number of esters is 1. The number of anilines is 1. The monoisotopic (exact) mass is 423 g/mol. The van der Waals surface area contributed by atoms with Gasteiger partial charge in [-0.25, -0.2) is 9.78 Å². The number of thiazole rings is 1. The third kappa shape index (κ3) is 3.87. The predicted octanol–water partition coefficient (Wildman–Crippen LogP) is 3.58. The number of amides is 1. The molecule has 0 spiro atoms. The summed E-state index contributed by atoms with van der Waals surface area (Å²) in [6.45, 7) is 3.50. The van der Waals surface area contributed by atoms with Gasteiger partial charge in [0, 0.05) is 22.8 Å². The predicted molar refractivity (Wildman–Crippen MR) is 111 cm³/mol. The van der Waals surface area contributed by atoms with Crippen molar-refractivity contribution < 1.29 is 18.7 Å². The van der Waals surface area contributed by atoms with Crippen molar-refractivity contribution in [3.05, 3.63) is 86.7 Å². The van der Waals surface area contributed by atoms with Gasteiger partial charge in [0.1, 0.15) is 6.61 Å². The number of carbonyl (C=O) groups excluding carboxylic acids is 2. The van der Waals surface area contributed by atoms with Gasteiger partial charge in [0.25, 0.3) is 11.5 Å². The molecule has 30 heavy (non-hydrogen) atoms. The smallest absolute Gasteiger partial charge is 0.338 e. The Morgan fingerprint density at radius 3 is 2.83 bits per heavy atom. The molecule has 0 aliphatic heterocycles. The summed E-state index contributed by atoms with van der Waals surface area (Å²) in [5.74, 6) is -0.843. The van der Waals surface area contributed by atoms with Gasteiger partial charge in [-0.05, 0) is 43.7 Å². The van der Waals surface area contributed by atoms with Crippen molar-refractivity contribution in [3.8, 4) is 0 Å². The highest BCUT2D eigenvalue weighted by atomic mass is 32.1. The van der Waals surface area contributed by atoms with Crippen LogP contribution in [0.5, 0.6) is 0 Å². The molecule has 0 radical (unpaired) electrons. The Kier molecular flexibility index (Phi) is 5.20. The van der Waals surface area contributed by atoms with Crippen LogP contribution in [0.1, 0.15) is 37.9 Å². The summed E-state index contributed by atoms with van der Waals surface area (Å²) < 4.78 is 11.9. The number of ether oxygens (including phenoxy) is 1. The van der Waals surface area contributed by atoms with Crippen LogP contribution < -0.4 is 10.9 Å². The molecule has 0 saturated heterocycles. The van der Waals surface area contributed by atoms with Gasteiger partial charge >= 0.3 is 5.97 Å². The number of hydrogen-bond acceptors (Lipinski definition) is 7. The van der Waals surface area contributed by atoms with E-state index in [2.05, 4.69) is 10.3 Å². The van der Waals surface area contributed by atoms with Gasteiger partial charge < -0.3 is 14.5 Å². The average Bonchev–Trinajstić information content (AvgIpc) is 3.38. The van der Waals surface area contributed by atoms with E-state index in [0.717, 1.165) is 11.3 Å². The largest absolute Gasteiger partial charge is 0.459 e. The normalized spacial score (nSPS) is 10.9. The Hall–Kier alpha value is -3.72. The van der Waals surface area contributed by atoms with Crippen LogP contribution in [0.4, 0.5) is 5.69 Å². The second-order valence-electron chi connectivity index (χ2n) is 6.62. The fourth-order valence-electron chi connectivity index (χ4n) is 2.87. The van der Waals surface area contributed by atoms with Crippen molar-refractivity contribution in [3.63, 3.8) is 0 Å². The molecule has 3 aromatic heterocycles. The van der Waals surface area contributed by atoms with Crippen LogP contribution in [0, 0.1) is 13.8 Å². The minimum Gasteiger partial charge on any atom is -0.459 e. The van der Waals surface area contributed by atoms with Crippen LogP contribution in [0.25, 0.3) is 4.96 Å². The van der Waals surface area contributed by atoms with E-state index < -0.39 is 11.9 Å². The number of fused-ring (bicyclic) bond motifs is 1. The zero-order valence-electron chi connectivity index (χ0n) is 16.2. The van der Waals surface area contributed by atoms with E-state index in [1.165, 1.54) is 34.1 Å². The first-order valence-corrected chi connectivity index (χ1v) is 9.90. The van der Waals surface area contributed by atoms with Crippen molar-refractivity contribution >= 4 is 33.9 Å². The van der Waals surface area contributed by atoms with E-state index in [9.17, 15) is 14.4 Å². The Balaban J connectivity index is 1.48. The molecule has 0 unspecified atom stereocenters. The van der Waals surface area contributed by atoms with Crippen molar-refractivity contribution in [2.75, 3.05) is 5.32 Å². The zero-order chi connectivity index (χ0) is 21.3. The highest BCUT2D eigenvalue weighted by Crippen LogP contribution is 2.19. The van der Waals surface area contributed by atoms with Crippen LogP contribution in [0.2, 0.25) is 0 Å². The maximum atomic E-state index is 12.5. The fourth-order valence-corrected chi connectivity index (χ4v) is 3.76. The van der Waals surface area contributed by atoms with Gasteiger partial charge in [0.15, 0.2) is 10.7 Å². The second kappa shape index (κ2) is 7.96. The lowest BCUT2D eigenvalue weighted by molar-refractivity contribution is 0.0467. The van der Waals surface area contributed by atoms with E-state index in [1.54, 1.807) is 24.3 Å². The van der Waals surface area contributed by atoms with E-state index in [-0.39, 0.29) is 23.5 Å². The Labute approximate surface area is 174 Å². The second-order valence-corrected chi connectivity index (χ2v) is 7.45. The summed E-state index contributed by atoms with van der Waals surface area (Å²) in [6, 6.07) is 9.36. The van der Waals surface area contributed by atoms with E-state index in [1.807, 2.05) is 19.2 Å². The molecule has 0 aliphatic carbocycles. The van der Waals surface area contributed by atoms with Crippen LogP contribution in [-0.4, -0.2) is 21.3 Å². The number of furan rings is 1. The zero-order valence-corrected chi connectivity index (χ0v) is 17.0. The molecular weight excluding hydrogens is 406 g/mol. The minimum absolute atomic E-state index is 0.135. The van der Waals surface area contributed by atoms with Gasteiger partial charge in [0.2, 0.25) is 0 Å². The highest BCUT2D eigenvalue weighted by Gasteiger charge is 2.15. The first-order chi connectivity index (χ1) is 14.4. The van der Waals surface area contributed by atoms with Crippen LogP contribution in [0.15, 0.2) is 57.3 Å². The summed E-state index contributed by atoms with van der Waals surface area (Å²) in [4.78, 5) is 41.8. The Morgan fingerprint density at radius 1 is 1.23 bits per heavy atom. The number of hydrogen-bond donors (Lipinski definition) is 1. The minimum atomic E-state index is -0.590. The molecule has 4 aromatic rings. The molecule has 1 aromatic carbocycles. The average molecular weight is 423 g/mol. The summed E-state index contributed by atoms with van der Waals surface area (Å²) in [7, 11) is 0. The molecule has 0 fully saturated rings. The molecule has 4 rings (SSSR count). The van der Waals surface area contributed by atoms with Crippen molar-refractivity contribution in [1.82, 2.24) is 9.38 Å². The molecule has 8 nitrogen and oxygen atoms in total. The number of carbonyl (C=O) groups is 2. The lowest BCUT2D eigenvalue weighted by Crippen LogP contribution is -2.16. The molecule has 0 aliphatic rings. The SMILES string of the molecule is Cc1ccc(C(=O)OCc2cc(=O)n3c(C)csc3n2)cc1NC(=O)c1ccco1. The van der Waals surface area contributed by atoms with Gasteiger partial charge in [-0.15, -0.1) is 11.3 Å². The third-order valence-electron chi connectivity index (χ3n) is 4.45. The van der Waals surface area contributed by atoms with Crippen molar-refractivity contribution in [1.29, 1.82) is 0 Å². The molecular formula is C21H17N3O5S. The third-order valence-corrected chi connectivity index (χ3v) is 5.39. The van der Waals surface area contributed by atoms with E-state index in [4.69, 9.17) is 9.15 Å². The summed E-state index contributed by atoms with van der Waals surface area (Å²) in [5.41, 5.74) is 2.47. The molecule has 0 bridgehead atoms. The standard InChI is InChI=1S/C21H17N3O5S/c1-12-5-6-14(8-16(12)23-19(26)17-4-3-7-28-17)20(27)29-10-15-9-18(25)24-13(2)11-30-21(24)22-15/h3-9,11H,10H2,1-2H3,(H,23,26). The summed E-state index contributed by atoms with van der Waals surface area (Å²) >= 11 is 1.34. The van der Waals surface area contributed by atoms with Crippen LogP contribution in [0.3, 0.4) is 0 Å². The van der Waals surface area contributed by atoms with Crippen molar-refractivity contribution in [2.45, 2.75) is 20.5 Å².